The molecule has 4 heteroatoms. The number of allylic oxidation sites excluding steroid dienone is 2. The molecule has 200 valence electrons. The van der Waals surface area contributed by atoms with Crippen molar-refractivity contribution in [3.63, 3.8) is 0 Å². The van der Waals surface area contributed by atoms with Gasteiger partial charge in [0.25, 0.3) is 0 Å². The van der Waals surface area contributed by atoms with E-state index in [1.54, 1.807) is 0 Å². The average molecular weight is 529 g/mol. The molecule has 2 atom stereocenters. The Bertz CT molecular complexity index is 1440. The van der Waals surface area contributed by atoms with Crippen LogP contribution in [0.3, 0.4) is 0 Å². The third kappa shape index (κ3) is 4.56. The lowest BCUT2D eigenvalue weighted by Gasteiger charge is -2.18. The van der Waals surface area contributed by atoms with Crippen molar-refractivity contribution in [1.82, 2.24) is 0 Å². The van der Waals surface area contributed by atoms with Crippen LogP contribution in [-0.4, -0.2) is 26.2 Å². The van der Waals surface area contributed by atoms with Crippen LogP contribution in [0.25, 0.3) is 11.1 Å². The van der Waals surface area contributed by atoms with Crippen LogP contribution in [0.4, 0.5) is 0 Å². The molecule has 0 N–H and O–H groups in total. The van der Waals surface area contributed by atoms with Gasteiger partial charge >= 0.3 is 11.9 Å². The van der Waals surface area contributed by atoms with Gasteiger partial charge in [-0.3, -0.25) is 9.59 Å². The monoisotopic (exact) mass is 528 g/mol. The third-order valence-corrected chi connectivity index (χ3v) is 8.01. The van der Waals surface area contributed by atoms with Gasteiger partial charge in [0, 0.05) is 11.3 Å². The molecule has 0 aromatic heterocycles. The summed E-state index contributed by atoms with van der Waals surface area (Å²) in [6, 6.07) is 40.0. The number of carbonyl (C=O) groups is 2. The van der Waals surface area contributed by atoms with Crippen LogP contribution >= 0.6 is 0 Å². The molecule has 4 nitrogen and oxygen atoms in total. The first-order chi connectivity index (χ1) is 19.5. The molecule has 0 heterocycles. The molecule has 0 amide bonds. The molecular formula is C36H32O4. The van der Waals surface area contributed by atoms with E-state index in [1.807, 2.05) is 134 Å². The van der Waals surface area contributed by atoms with Gasteiger partial charge in [-0.05, 0) is 33.4 Å². The fourth-order valence-corrected chi connectivity index (χ4v) is 5.91. The molecule has 0 bridgehead atoms. The lowest BCUT2D eigenvalue weighted by atomic mass is 9.88. The van der Waals surface area contributed by atoms with E-state index in [-0.39, 0.29) is 0 Å². The van der Waals surface area contributed by atoms with Gasteiger partial charge in [0.15, 0.2) is 5.41 Å². The number of esters is 2. The molecular weight excluding hydrogens is 496 g/mol. The highest BCUT2D eigenvalue weighted by atomic mass is 16.5. The van der Waals surface area contributed by atoms with E-state index in [4.69, 9.17) is 9.47 Å². The van der Waals surface area contributed by atoms with E-state index < -0.39 is 28.7 Å². The molecule has 4 aromatic rings. The van der Waals surface area contributed by atoms with Crippen LogP contribution in [0.2, 0.25) is 0 Å². The Kier molecular flexibility index (Phi) is 7.52. The fourth-order valence-electron chi connectivity index (χ4n) is 5.91. The Labute approximate surface area is 235 Å². The second kappa shape index (κ2) is 11.2. The largest absolute Gasteiger partial charge is 0.468 e. The smallest absolute Gasteiger partial charge is 0.324 e. The number of carbonyl (C=O) groups excluding carboxylic acids is 2. The van der Waals surface area contributed by atoms with Crippen LogP contribution in [0.15, 0.2) is 133 Å². The molecule has 1 aliphatic carbocycles. The maximum Gasteiger partial charge on any atom is 0.324 e. The molecule has 2 unspecified atom stereocenters. The minimum absolute atomic E-state index is 0.530. The van der Waals surface area contributed by atoms with E-state index >= 15 is 0 Å². The Morgan fingerprint density at radius 2 is 0.900 bits per heavy atom. The van der Waals surface area contributed by atoms with Crippen molar-refractivity contribution in [2.45, 2.75) is 6.92 Å². The van der Waals surface area contributed by atoms with Crippen molar-refractivity contribution in [2.75, 3.05) is 14.2 Å². The Morgan fingerprint density at radius 3 is 1.23 bits per heavy atom. The molecule has 5 rings (SSSR count). The van der Waals surface area contributed by atoms with Crippen molar-refractivity contribution in [3.8, 4) is 0 Å². The summed E-state index contributed by atoms with van der Waals surface area (Å²) >= 11 is 0. The first-order valence-corrected chi connectivity index (χ1v) is 13.3. The van der Waals surface area contributed by atoms with Crippen LogP contribution in [0, 0.1) is 16.7 Å². The number of methoxy groups -OCH3 is 2. The standard InChI is InChI=1S/C36H32O4/c1-35(25-31(28-20-12-6-13-21-28)29-22-14-7-15-23-29)32(36(35,33(37)39-2)34(38)40-3)24-30(26-16-8-4-9-17-26)27-18-10-5-11-19-27/h4-25,32H,1-3H3. The topological polar surface area (TPSA) is 52.6 Å². The quantitative estimate of drug-likeness (QED) is 0.179. The molecule has 0 saturated heterocycles. The average Bonchev–Trinajstić information content (AvgIpc) is 3.56. The zero-order valence-electron chi connectivity index (χ0n) is 22.9. The summed E-state index contributed by atoms with van der Waals surface area (Å²) in [5.41, 5.74) is 3.31. The Balaban J connectivity index is 1.78. The first kappa shape index (κ1) is 26.9. The number of ether oxygens (including phenoxy) is 2. The number of hydrogen-bond donors (Lipinski definition) is 0. The van der Waals surface area contributed by atoms with E-state index in [0.29, 0.717) is 0 Å². The van der Waals surface area contributed by atoms with E-state index in [1.165, 1.54) is 14.2 Å². The summed E-state index contributed by atoms with van der Waals surface area (Å²) in [5.74, 6) is -1.75. The maximum atomic E-state index is 13.6. The number of benzene rings is 4. The highest BCUT2D eigenvalue weighted by Crippen LogP contribution is 2.73. The van der Waals surface area contributed by atoms with Gasteiger partial charge in [0.2, 0.25) is 0 Å². The Hall–Kier alpha value is -4.70. The summed E-state index contributed by atoms with van der Waals surface area (Å²) in [6.07, 6.45) is 4.10. The second-order valence-corrected chi connectivity index (χ2v) is 10.2. The van der Waals surface area contributed by atoms with Crippen molar-refractivity contribution >= 4 is 23.1 Å². The molecule has 4 aromatic carbocycles. The summed E-state index contributed by atoms with van der Waals surface area (Å²) in [5, 5.41) is 0. The van der Waals surface area contributed by atoms with Crippen LogP contribution in [-0.2, 0) is 19.1 Å². The first-order valence-electron chi connectivity index (χ1n) is 13.3. The van der Waals surface area contributed by atoms with E-state index in [9.17, 15) is 9.59 Å². The van der Waals surface area contributed by atoms with Crippen molar-refractivity contribution in [2.24, 2.45) is 16.7 Å². The fraction of sp³-hybridized carbons (Fsp3) is 0.167. The molecule has 0 radical (unpaired) electrons. The zero-order valence-corrected chi connectivity index (χ0v) is 22.9. The van der Waals surface area contributed by atoms with Gasteiger partial charge in [-0.1, -0.05) is 140 Å². The molecule has 1 saturated carbocycles. The van der Waals surface area contributed by atoms with E-state index in [2.05, 4.69) is 6.08 Å². The summed E-state index contributed by atoms with van der Waals surface area (Å²) in [4.78, 5) is 27.3. The summed E-state index contributed by atoms with van der Waals surface area (Å²) in [7, 11) is 2.64. The van der Waals surface area contributed by atoms with Crippen LogP contribution in [0.1, 0.15) is 29.2 Å². The zero-order chi connectivity index (χ0) is 28.2. The van der Waals surface area contributed by atoms with Gasteiger partial charge in [-0.2, -0.15) is 0 Å². The highest BCUT2D eigenvalue weighted by molar-refractivity contribution is 6.08. The number of hydrogen-bond acceptors (Lipinski definition) is 4. The molecule has 0 spiro atoms. The minimum atomic E-state index is -1.56. The minimum Gasteiger partial charge on any atom is -0.468 e. The highest BCUT2D eigenvalue weighted by Gasteiger charge is 2.82. The Morgan fingerprint density at radius 1 is 0.575 bits per heavy atom. The van der Waals surface area contributed by atoms with Gasteiger partial charge in [-0.25, -0.2) is 0 Å². The predicted octanol–water partition coefficient (Wildman–Crippen LogP) is 7.22. The third-order valence-electron chi connectivity index (χ3n) is 8.01. The normalized spacial score (nSPS) is 18.6. The second-order valence-electron chi connectivity index (χ2n) is 10.2. The van der Waals surface area contributed by atoms with Crippen molar-refractivity contribution in [1.29, 1.82) is 0 Å². The van der Waals surface area contributed by atoms with Gasteiger partial charge < -0.3 is 9.47 Å². The molecule has 0 aliphatic heterocycles. The molecule has 1 aliphatic rings. The van der Waals surface area contributed by atoms with Crippen molar-refractivity contribution < 1.29 is 19.1 Å². The number of rotatable bonds is 8. The van der Waals surface area contributed by atoms with Crippen LogP contribution in [0.5, 0.6) is 0 Å². The van der Waals surface area contributed by atoms with Crippen molar-refractivity contribution in [3.05, 3.63) is 156 Å². The van der Waals surface area contributed by atoms with Gasteiger partial charge in [0.05, 0.1) is 14.2 Å². The SMILES string of the molecule is COC(=O)C1(C(=O)OC)C(C=C(c2ccccc2)c2ccccc2)C1(C)C=C(c1ccccc1)c1ccccc1. The lowest BCUT2D eigenvalue weighted by molar-refractivity contribution is -0.163. The van der Waals surface area contributed by atoms with Gasteiger partial charge in [0.1, 0.15) is 0 Å². The van der Waals surface area contributed by atoms with Gasteiger partial charge in [-0.15, -0.1) is 0 Å². The summed E-state index contributed by atoms with van der Waals surface area (Å²) in [6.45, 7) is 1.95. The predicted molar refractivity (Wildman–Crippen MR) is 158 cm³/mol. The molecule has 1 fully saturated rings. The summed E-state index contributed by atoms with van der Waals surface area (Å²) < 4.78 is 10.6. The maximum absolute atomic E-state index is 13.6. The lowest BCUT2D eigenvalue weighted by Crippen LogP contribution is -2.34. The van der Waals surface area contributed by atoms with Crippen LogP contribution < -0.4 is 0 Å². The van der Waals surface area contributed by atoms with E-state index in [0.717, 1.165) is 33.4 Å². The molecule has 40 heavy (non-hydrogen) atoms.